The van der Waals surface area contributed by atoms with Gasteiger partial charge in [-0.05, 0) is 27.7 Å². The Morgan fingerprint density at radius 2 is 0.789 bits per heavy atom. The zero-order valence-electron chi connectivity index (χ0n) is 12.0. The van der Waals surface area contributed by atoms with Crippen molar-refractivity contribution in [2.45, 2.75) is 27.7 Å². The Labute approximate surface area is 145 Å². The van der Waals surface area contributed by atoms with Gasteiger partial charge in [0.1, 0.15) is 0 Å². The van der Waals surface area contributed by atoms with Gasteiger partial charge in [-0.1, -0.05) is 11.1 Å². The van der Waals surface area contributed by atoms with Crippen molar-refractivity contribution in [3.05, 3.63) is 71.8 Å². The minimum Gasteiger partial charge on any atom is -1.00 e. The van der Waals surface area contributed by atoms with Crippen LogP contribution in [0.15, 0.2) is 71.8 Å². The molecular formula is C16H22Cl2Ti. The van der Waals surface area contributed by atoms with Crippen LogP contribution in [0.1, 0.15) is 27.7 Å². The van der Waals surface area contributed by atoms with Gasteiger partial charge in [0.25, 0.3) is 0 Å². The van der Waals surface area contributed by atoms with Crippen molar-refractivity contribution in [1.29, 1.82) is 0 Å². The number of allylic oxidation sites excluding steroid dienone is 2. The SMILES string of the molecule is CC(C)=C(C)C.[Cl-].[Cl-].[Ti+4].c1cc[cH-]c1.c1cc[cH-]c1. The maximum Gasteiger partial charge on any atom is 4.00 e. The summed E-state index contributed by atoms with van der Waals surface area (Å²) in [5.74, 6) is 0. The second-order valence-corrected chi connectivity index (χ2v) is 3.92. The third kappa shape index (κ3) is 23.3. The largest absolute Gasteiger partial charge is 4.00 e. The maximum absolute atomic E-state index is 2.12. The Morgan fingerprint density at radius 3 is 0.842 bits per heavy atom. The Kier molecular flexibility index (Phi) is 28.7. The fourth-order valence-electron chi connectivity index (χ4n) is 0.642. The van der Waals surface area contributed by atoms with Crippen molar-refractivity contribution in [2.75, 3.05) is 0 Å². The molecule has 0 aromatic heterocycles. The molecule has 0 atom stereocenters. The molecule has 104 valence electrons. The molecule has 3 heteroatoms. The van der Waals surface area contributed by atoms with E-state index in [9.17, 15) is 0 Å². The molecule has 0 aliphatic heterocycles. The van der Waals surface area contributed by atoms with E-state index in [0.29, 0.717) is 0 Å². The molecule has 2 aromatic rings. The van der Waals surface area contributed by atoms with Crippen LogP contribution in [-0.2, 0) is 21.7 Å². The van der Waals surface area contributed by atoms with Crippen LogP contribution in [0.2, 0.25) is 0 Å². The van der Waals surface area contributed by atoms with Crippen molar-refractivity contribution in [3.8, 4) is 0 Å². The van der Waals surface area contributed by atoms with E-state index in [1.165, 1.54) is 11.1 Å². The zero-order valence-corrected chi connectivity index (χ0v) is 15.1. The summed E-state index contributed by atoms with van der Waals surface area (Å²) in [7, 11) is 0. The van der Waals surface area contributed by atoms with E-state index in [0.717, 1.165) is 0 Å². The molecule has 0 heterocycles. The standard InChI is InChI=1S/C6H12.2C5H5.2ClH.Ti/c1-5(2)6(3)4;2*1-2-4-5-3-1;;;/h1-4H3;2*1-5H;2*1H;/q;2*-1;;;+4/p-2. The van der Waals surface area contributed by atoms with Gasteiger partial charge in [0.15, 0.2) is 0 Å². The average molecular weight is 333 g/mol. The van der Waals surface area contributed by atoms with Crippen molar-refractivity contribution in [2.24, 2.45) is 0 Å². The van der Waals surface area contributed by atoms with Crippen LogP contribution in [0.3, 0.4) is 0 Å². The van der Waals surface area contributed by atoms with Gasteiger partial charge < -0.3 is 24.8 Å². The normalized spacial score (nSPS) is 6.74. The molecular weight excluding hydrogens is 311 g/mol. The summed E-state index contributed by atoms with van der Waals surface area (Å²) in [6.45, 7) is 8.48. The Balaban J connectivity index is -0.0000000824. The maximum atomic E-state index is 2.12. The minimum atomic E-state index is 0. The van der Waals surface area contributed by atoms with Crippen LogP contribution in [0.25, 0.3) is 0 Å². The second kappa shape index (κ2) is 20.1. The Hall–Kier alpha value is -0.266. The minimum absolute atomic E-state index is 0. The van der Waals surface area contributed by atoms with Gasteiger partial charge >= 0.3 is 21.7 Å². The van der Waals surface area contributed by atoms with Crippen LogP contribution in [0.5, 0.6) is 0 Å². The molecule has 2 aromatic carbocycles. The predicted octanol–water partition coefficient (Wildman–Crippen LogP) is -0.821. The van der Waals surface area contributed by atoms with E-state index in [-0.39, 0.29) is 46.5 Å². The summed E-state index contributed by atoms with van der Waals surface area (Å²) in [6, 6.07) is 20.0. The Morgan fingerprint density at radius 1 is 0.579 bits per heavy atom. The molecule has 0 bridgehead atoms. The number of rotatable bonds is 0. The van der Waals surface area contributed by atoms with Gasteiger partial charge in [0, 0.05) is 0 Å². The number of halogens is 2. The third-order valence-corrected chi connectivity index (χ3v) is 2.11. The smallest absolute Gasteiger partial charge is 1.00 e. The molecule has 0 N–H and O–H groups in total. The van der Waals surface area contributed by atoms with Gasteiger partial charge in [-0.15, -0.1) is 0 Å². The van der Waals surface area contributed by atoms with Crippen LogP contribution >= 0.6 is 0 Å². The van der Waals surface area contributed by atoms with Crippen molar-refractivity contribution in [3.63, 3.8) is 0 Å². The first-order chi connectivity index (χ1) is 7.64. The molecule has 0 fully saturated rings. The van der Waals surface area contributed by atoms with Gasteiger partial charge in [-0.2, -0.15) is 36.4 Å². The summed E-state index contributed by atoms with van der Waals surface area (Å²) >= 11 is 0. The van der Waals surface area contributed by atoms with E-state index in [4.69, 9.17) is 0 Å². The first-order valence-corrected chi connectivity index (χ1v) is 5.58. The van der Waals surface area contributed by atoms with E-state index < -0.39 is 0 Å². The van der Waals surface area contributed by atoms with Crippen LogP contribution < -0.4 is 24.8 Å². The molecule has 2 rings (SSSR count). The fraction of sp³-hybridized carbons (Fsp3) is 0.250. The summed E-state index contributed by atoms with van der Waals surface area (Å²) in [5, 5.41) is 0. The summed E-state index contributed by atoms with van der Waals surface area (Å²) in [5.41, 5.74) is 2.85. The summed E-state index contributed by atoms with van der Waals surface area (Å²) in [4.78, 5) is 0. The fourth-order valence-corrected chi connectivity index (χ4v) is 0.642. The molecule has 0 amide bonds. The van der Waals surface area contributed by atoms with E-state index in [1.807, 2.05) is 60.7 Å². The van der Waals surface area contributed by atoms with E-state index in [1.54, 1.807) is 0 Å². The zero-order chi connectivity index (χ0) is 12.2. The van der Waals surface area contributed by atoms with Gasteiger partial charge in [0.2, 0.25) is 0 Å². The van der Waals surface area contributed by atoms with Gasteiger partial charge in [-0.3, -0.25) is 0 Å². The molecule has 0 saturated carbocycles. The molecule has 0 saturated heterocycles. The van der Waals surface area contributed by atoms with E-state index in [2.05, 4.69) is 27.7 Å². The van der Waals surface area contributed by atoms with E-state index >= 15 is 0 Å². The van der Waals surface area contributed by atoms with Crippen molar-refractivity contribution < 1.29 is 46.5 Å². The van der Waals surface area contributed by atoms with Crippen molar-refractivity contribution in [1.82, 2.24) is 0 Å². The molecule has 0 nitrogen and oxygen atoms in total. The molecule has 0 unspecified atom stereocenters. The predicted molar refractivity (Wildman–Crippen MR) is 73.8 cm³/mol. The van der Waals surface area contributed by atoms with Gasteiger partial charge in [-0.25, -0.2) is 24.3 Å². The van der Waals surface area contributed by atoms with Crippen LogP contribution in [0.4, 0.5) is 0 Å². The topological polar surface area (TPSA) is 0 Å². The monoisotopic (exact) mass is 332 g/mol. The molecule has 0 spiro atoms. The second-order valence-electron chi connectivity index (χ2n) is 3.92. The molecule has 19 heavy (non-hydrogen) atoms. The quantitative estimate of drug-likeness (QED) is 0.336. The number of hydrogen-bond donors (Lipinski definition) is 0. The Bertz CT molecular complexity index is 269. The van der Waals surface area contributed by atoms with Crippen LogP contribution in [0, 0.1) is 0 Å². The third-order valence-electron chi connectivity index (χ3n) is 2.11. The molecule has 0 aliphatic rings. The van der Waals surface area contributed by atoms with Gasteiger partial charge in [0.05, 0.1) is 0 Å². The average Bonchev–Trinajstić information content (AvgIpc) is 2.97. The molecule has 0 radical (unpaired) electrons. The van der Waals surface area contributed by atoms with Crippen LogP contribution in [-0.4, -0.2) is 0 Å². The van der Waals surface area contributed by atoms with Crippen molar-refractivity contribution >= 4 is 0 Å². The molecule has 0 aliphatic carbocycles. The summed E-state index contributed by atoms with van der Waals surface area (Å²) < 4.78 is 0. The number of hydrogen-bond acceptors (Lipinski definition) is 0. The first kappa shape index (κ1) is 27.1. The first-order valence-electron chi connectivity index (χ1n) is 5.58. The summed E-state index contributed by atoms with van der Waals surface area (Å²) in [6.07, 6.45) is 0.